The normalized spacial score (nSPS) is 26.4. The van der Waals surface area contributed by atoms with Gasteiger partial charge in [-0.15, -0.1) is 0 Å². The maximum atomic E-state index is 12.9. The third kappa shape index (κ3) is 2.67. The van der Waals surface area contributed by atoms with Gasteiger partial charge in [0.1, 0.15) is 5.82 Å². The second kappa shape index (κ2) is 4.39. The Morgan fingerprint density at radius 1 is 1.18 bits per heavy atom. The lowest BCUT2D eigenvalue weighted by molar-refractivity contribution is 0.127. The highest BCUT2D eigenvalue weighted by Crippen LogP contribution is 2.31. The lowest BCUT2D eigenvalue weighted by atomic mass is 9.96. The van der Waals surface area contributed by atoms with Crippen molar-refractivity contribution in [2.45, 2.75) is 38.3 Å². The SMILES string of the molecule is CC(C)(C)N1C[C@@H](O)[C@H](c2ccc(F)cc2)C1. The zero-order valence-corrected chi connectivity index (χ0v) is 10.7. The first-order valence-electron chi connectivity index (χ1n) is 6.06. The molecule has 1 aromatic rings. The first-order valence-corrected chi connectivity index (χ1v) is 6.06. The van der Waals surface area contributed by atoms with Crippen LogP contribution in [0.5, 0.6) is 0 Å². The lowest BCUT2D eigenvalue weighted by Gasteiger charge is -2.31. The van der Waals surface area contributed by atoms with Crippen LogP contribution in [0.3, 0.4) is 0 Å². The van der Waals surface area contributed by atoms with Crippen molar-refractivity contribution < 1.29 is 9.50 Å². The van der Waals surface area contributed by atoms with Crippen molar-refractivity contribution in [2.75, 3.05) is 13.1 Å². The topological polar surface area (TPSA) is 23.5 Å². The highest BCUT2D eigenvalue weighted by molar-refractivity contribution is 5.24. The number of hydrogen-bond acceptors (Lipinski definition) is 2. The molecule has 1 aliphatic heterocycles. The number of benzene rings is 1. The molecule has 1 aromatic carbocycles. The van der Waals surface area contributed by atoms with Gasteiger partial charge in [0.15, 0.2) is 0 Å². The summed E-state index contributed by atoms with van der Waals surface area (Å²) in [5, 5.41) is 10.1. The third-order valence-corrected chi connectivity index (χ3v) is 3.54. The van der Waals surface area contributed by atoms with Crippen LogP contribution in [-0.2, 0) is 0 Å². The average molecular weight is 237 g/mol. The number of likely N-dealkylation sites (tertiary alicyclic amines) is 1. The van der Waals surface area contributed by atoms with E-state index in [1.54, 1.807) is 12.1 Å². The molecule has 0 unspecified atom stereocenters. The maximum Gasteiger partial charge on any atom is 0.123 e. The van der Waals surface area contributed by atoms with Crippen molar-refractivity contribution >= 4 is 0 Å². The van der Waals surface area contributed by atoms with E-state index in [-0.39, 0.29) is 23.4 Å². The maximum absolute atomic E-state index is 12.9. The molecule has 0 bridgehead atoms. The standard InChI is InChI=1S/C14H20FNO/c1-14(2,3)16-8-12(13(17)9-16)10-4-6-11(15)7-5-10/h4-7,12-13,17H,8-9H2,1-3H3/t12-,13+/m0/s1. The monoisotopic (exact) mass is 237 g/mol. The molecule has 0 radical (unpaired) electrons. The number of β-amino-alcohol motifs (C(OH)–C–C–N with tert-alkyl or cyclic N) is 1. The Bertz CT molecular complexity index is 382. The van der Waals surface area contributed by atoms with E-state index in [1.807, 2.05) is 0 Å². The number of nitrogens with zero attached hydrogens (tertiary/aromatic N) is 1. The zero-order valence-electron chi connectivity index (χ0n) is 10.7. The van der Waals surface area contributed by atoms with E-state index in [2.05, 4.69) is 25.7 Å². The summed E-state index contributed by atoms with van der Waals surface area (Å²) in [4.78, 5) is 2.27. The predicted octanol–water partition coefficient (Wildman–Crippen LogP) is 2.38. The molecule has 1 heterocycles. The van der Waals surface area contributed by atoms with E-state index in [9.17, 15) is 9.50 Å². The number of aliphatic hydroxyl groups excluding tert-OH is 1. The van der Waals surface area contributed by atoms with Crippen LogP contribution >= 0.6 is 0 Å². The van der Waals surface area contributed by atoms with Gasteiger partial charge in [-0.25, -0.2) is 4.39 Å². The minimum absolute atomic E-state index is 0.0652. The quantitative estimate of drug-likeness (QED) is 0.810. The molecule has 3 heteroatoms. The largest absolute Gasteiger partial charge is 0.391 e. The third-order valence-electron chi connectivity index (χ3n) is 3.54. The van der Waals surface area contributed by atoms with Gasteiger partial charge >= 0.3 is 0 Å². The second-order valence-electron chi connectivity index (χ2n) is 5.80. The molecule has 1 fully saturated rings. The molecule has 0 saturated carbocycles. The molecule has 94 valence electrons. The number of aliphatic hydroxyl groups is 1. The molecule has 1 aliphatic rings. The van der Waals surface area contributed by atoms with E-state index < -0.39 is 0 Å². The summed E-state index contributed by atoms with van der Waals surface area (Å²) in [6, 6.07) is 6.47. The molecule has 1 N–H and O–H groups in total. The molecule has 1 saturated heterocycles. The second-order valence-corrected chi connectivity index (χ2v) is 5.80. The molecule has 0 spiro atoms. The van der Waals surface area contributed by atoms with Crippen molar-refractivity contribution in [2.24, 2.45) is 0 Å². The van der Waals surface area contributed by atoms with Gasteiger partial charge in [-0.1, -0.05) is 12.1 Å². The summed E-state index contributed by atoms with van der Waals surface area (Å²) < 4.78 is 12.9. The molecule has 2 rings (SSSR count). The Kier molecular flexibility index (Phi) is 3.23. The molecule has 0 amide bonds. The molecular weight excluding hydrogens is 217 g/mol. The van der Waals surface area contributed by atoms with Crippen LogP contribution in [-0.4, -0.2) is 34.7 Å². The van der Waals surface area contributed by atoms with Crippen molar-refractivity contribution in [3.63, 3.8) is 0 Å². The van der Waals surface area contributed by atoms with Gasteiger partial charge in [0.2, 0.25) is 0 Å². The van der Waals surface area contributed by atoms with Crippen molar-refractivity contribution in [3.8, 4) is 0 Å². The first-order chi connectivity index (χ1) is 7.88. The van der Waals surface area contributed by atoms with Crippen LogP contribution in [0, 0.1) is 5.82 Å². The van der Waals surface area contributed by atoms with Gasteiger partial charge in [0.25, 0.3) is 0 Å². The fraction of sp³-hybridized carbons (Fsp3) is 0.571. The highest BCUT2D eigenvalue weighted by Gasteiger charge is 2.37. The summed E-state index contributed by atoms with van der Waals surface area (Å²) in [7, 11) is 0. The van der Waals surface area contributed by atoms with E-state index >= 15 is 0 Å². The van der Waals surface area contributed by atoms with E-state index in [0.717, 1.165) is 12.1 Å². The van der Waals surface area contributed by atoms with Crippen molar-refractivity contribution in [1.29, 1.82) is 0 Å². The van der Waals surface area contributed by atoms with E-state index in [1.165, 1.54) is 12.1 Å². The molecule has 2 nitrogen and oxygen atoms in total. The number of hydrogen-bond donors (Lipinski definition) is 1. The van der Waals surface area contributed by atoms with Gasteiger partial charge in [0.05, 0.1) is 6.10 Å². The first kappa shape index (κ1) is 12.5. The fourth-order valence-electron chi connectivity index (χ4n) is 2.37. The van der Waals surface area contributed by atoms with Crippen LogP contribution in [0.15, 0.2) is 24.3 Å². The van der Waals surface area contributed by atoms with Gasteiger partial charge in [-0.05, 0) is 38.5 Å². The number of halogens is 1. The Hall–Kier alpha value is -0.930. The van der Waals surface area contributed by atoms with E-state index in [4.69, 9.17) is 0 Å². The lowest BCUT2D eigenvalue weighted by Crippen LogP contribution is -2.40. The van der Waals surface area contributed by atoms with Crippen LogP contribution in [0.25, 0.3) is 0 Å². The summed E-state index contributed by atoms with van der Waals surface area (Å²) in [6.45, 7) is 7.95. The Balaban J connectivity index is 2.16. The molecular formula is C14H20FNO. The van der Waals surface area contributed by atoms with Crippen LogP contribution in [0.1, 0.15) is 32.3 Å². The predicted molar refractivity (Wildman–Crippen MR) is 66.5 cm³/mol. The van der Waals surface area contributed by atoms with Crippen LogP contribution in [0.2, 0.25) is 0 Å². The molecule has 0 aromatic heterocycles. The van der Waals surface area contributed by atoms with Gasteiger partial charge in [-0.3, -0.25) is 4.90 Å². The van der Waals surface area contributed by atoms with Crippen molar-refractivity contribution in [3.05, 3.63) is 35.6 Å². The minimum Gasteiger partial charge on any atom is -0.391 e. The summed E-state index contributed by atoms with van der Waals surface area (Å²) in [5.74, 6) is -0.135. The molecule has 2 atom stereocenters. The van der Waals surface area contributed by atoms with E-state index in [0.29, 0.717) is 6.54 Å². The van der Waals surface area contributed by atoms with Crippen LogP contribution in [0.4, 0.5) is 4.39 Å². The average Bonchev–Trinajstić information content (AvgIpc) is 2.61. The highest BCUT2D eigenvalue weighted by atomic mass is 19.1. The minimum atomic E-state index is -0.361. The molecule has 0 aliphatic carbocycles. The Morgan fingerprint density at radius 3 is 2.24 bits per heavy atom. The zero-order chi connectivity index (χ0) is 12.6. The summed E-state index contributed by atoms with van der Waals surface area (Å²) in [6.07, 6.45) is -0.361. The fourth-order valence-corrected chi connectivity index (χ4v) is 2.37. The Labute approximate surface area is 102 Å². The summed E-state index contributed by atoms with van der Waals surface area (Å²) in [5.41, 5.74) is 1.08. The van der Waals surface area contributed by atoms with Crippen LogP contribution < -0.4 is 0 Å². The smallest absolute Gasteiger partial charge is 0.123 e. The Morgan fingerprint density at radius 2 is 1.76 bits per heavy atom. The summed E-state index contributed by atoms with van der Waals surface area (Å²) >= 11 is 0. The van der Waals surface area contributed by atoms with Gasteiger partial charge < -0.3 is 5.11 Å². The van der Waals surface area contributed by atoms with Crippen molar-refractivity contribution in [1.82, 2.24) is 4.90 Å². The molecule has 17 heavy (non-hydrogen) atoms. The number of rotatable bonds is 1. The van der Waals surface area contributed by atoms with Gasteiger partial charge in [0, 0.05) is 24.5 Å². The van der Waals surface area contributed by atoms with Gasteiger partial charge in [-0.2, -0.15) is 0 Å².